The van der Waals surface area contributed by atoms with Crippen LogP contribution in [0.1, 0.15) is 46.7 Å². The monoisotopic (exact) mass is 278 g/mol. The van der Waals surface area contributed by atoms with Crippen LogP contribution in [-0.2, 0) is 4.74 Å². The number of rotatable bonds is 6. The molecule has 2 N–H and O–H groups in total. The van der Waals surface area contributed by atoms with Gasteiger partial charge in [-0.05, 0) is 37.8 Å². The highest BCUT2D eigenvalue weighted by molar-refractivity contribution is 5.94. The molecule has 1 heterocycles. The second kappa shape index (κ2) is 6.00. The van der Waals surface area contributed by atoms with Crippen LogP contribution in [-0.4, -0.2) is 41.2 Å². The first-order valence-corrected chi connectivity index (χ1v) is 6.58. The van der Waals surface area contributed by atoms with Gasteiger partial charge >= 0.3 is 5.97 Å². The first-order chi connectivity index (χ1) is 9.56. The predicted octanol–water partition coefficient (Wildman–Crippen LogP) is 1.47. The van der Waals surface area contributed by atoms with Crippen LogP contribution >= 0.6 is 0 Å². The molecule has 108 valence electrons. The molecule has 0 unspecified atom stereocenters. The summed E-state index contributed by atoms with van der Waals surface area (Å²) in [7, 11) is 1.63. The average Bonchev–Trinajstić information content (AvgIpc) is 2.41. The number of carboxylic acids is 1. The summed E-state index contributed by atoms with van der Waals surface area (Å²) in [5, 5.41) is 11.9. The van der Waals surface area contributed by atoms with Crippen molar-refractivity contribution in [2.75, 3.05) is 13.7 Å². The summed E-state index contributed by atoms with van der Waals surface area (Å²) in [5.74, 6) is -1.47. The van der Waals surface area contributed by atoms with E-state index in [0.29, 0.717) is 6.61 Å². The van der Waals surface area contributed by atoms with Gasteiger partial charge in [0.05, 0.1) is 0 Å². The van der Waals surface area contributed by atoms with Crippen molar-refractivity contribution in [2.24, 2.45) is 0 Å². The number of aromatic carboxylic acids is 1. The zero-order chi connectivity index (χ0) is 14.6. The van der Waals surface area contributed by atoms with Gasteiger partial charge in [0.25, 0.3) is 5.91 Å². The van der Waals surface area contributed by atoms with Crippen LogP contribution in [0.15, 0.2) is 18.2 Å². The largest absolute Gasteiger partial charge is 0.477 e. The molecule has 1 aromatic rings. The molecule has 0 atom stereocenters. The minimum Gasteiger partial charge on any atom is -0.477 e. The van der Waals surface area contributed by atoms with Crippen molar-refractivity contribution in [3.05, 3.63) is 29.6 Å². The maximum atomic E-state index is 12.2. The van der Waals surface area contributed by atoms with Gasteiger partial charge in [-0.15, -0.1) is 0 Å². The number of carbonyl (C=O) groups excluding carboxylic acids is 1. The van der Waals surface area contributed by atoms with Crippen molar-refractivity contribution in [1.82, 2.24) is 10.3 Å². The van der Waals surface area contributed by atoms with Crippen LogP contribution in [0.2, 0.25) is 0 Å². The molecule has 6 nitrogen and oxygen atoms in total. The fraction of sp³-hybridized carbons (Fsp3) is 0.500. The van der Waals surface area contributed by atoms with E-state index in [0.717, 1.165) is 25.7 Å². The van der Waals surface area contributed by atoms with Crippen LogP contribution in [0.25, 0.3) is 0 Å². The molecule has 0 bridgehead atoms. The van der Waals surface area contributed by atoms with E-state index < -0.39 is 5.97 Å². The zero-order valence-electron chi connectivity index (χ0n) is 11.4. The lowest BCUT2D eigenvalue weighted by Gasteiger charge is -2.42. The van der Waals surface area contributed by atoms with E-state index in [2.05, 4.69) is 10.3 Å². The summed E-state index contributed by atoms with van der Waals surface area (Å²) in [5.41, 5.74) is -0.223. The highest BCUT2D eigenvalue weighted by Gasteiger charge is 2.38. The number of nitrogens with one attached hydrogen (secondary N) is 1. The summed E-state index contributed by atoms with van der Waals surface area (Å²) >= 11 is 0. The van der Waals surface area contributed by atoms with Gasteiger partial charge in [-0.2, -0.15) is 0 Å². The molecule has 1 aromatic heterocycles. The third kappa shape index (κ3) is 3.14. The molecule has 1 amide bonds. The normalized spacial score (nSPS) is 16.2. The molecule has 6 heteroatoms. The zero-order valence-corrected chi connectivity index (χ0v) is 11.4. The number of carboxylic acid groups (broad SMARTS) is 1. The molecular formula is C14H18N2O4. The van der Waals surface area contributed by atoms with E-state index in [1.54, 1.807) is 7.11 Å². The molecule has 0 radical (unpaired) electrons. The minimum absolute atomic E-state index is 0.128. The number of hydrogen-bond donors (Lipinski definition) is 2. The Kier molecular flexibility index (Phi) is 4.34. The summed E-state index contributed by atoms with van der Waals surface area (Å²) in [4.78, 5) is 26.9. The van der Waals surface area contributed by atoms with Gasteiger partial charge in [0, 0.05) is 19.3 Å². The summed E-state index contributed by atoms with van der Waals surface area (Å²) in [6.45, 7) is 0.586. The third-order valence-corrected chi connectivity index (χ3v) is 3.67. The van der Waals surface area contributed by atoms with Crippen molar-refractivity contribution in [3.8, 4) is 0 Å². The third-order valence-electron chi connectivity index (χ3n) is 3.67. The quantitative estimate of drug-likeness (QED) is 0.822. The molecule has 0 aliphatic heterocycles. The van der Waals surface area contributed by atoms with Crippen molar-refractivity contribution >= 4 is 11.9 Å². The van der Waals surface area contributed by atoms with E-state index in [4.69, 9.17) is 9.84 Å². The second-order valence-electron chi connectivity index (χ2n) is 5.04. The van der Waals surface area contributed by atoms with E-state index in [9.17, 15) is 9.59 Å². The molecule has 1 saturated carbocycles. The van der Waals surface area contributed by atoms with Crippen LogP contribution in [0.3, 0.4) is 0 Å². The van der Waals surface area contributed by atoms with E-state index in [1.165, 1.54) is 18.2 Å². The van der Waals surface area contributed by atoms with Gasteiger partial charge in [-0.1, -0.05) is 6.07 Å². The molecule has 0 spiro atoms. The van der Waals surface area contributed by atoms with Crippen molar-refractivity contribution < 1.29 is 19.4 Å². The Labute approximate surface area is 117 Å². The van der Waals surface area contributed by atoms with Gasteiger partial charge < -0.3 is 15.2 Å². The number of carbonyl (C=O) groups is 2. The van der Waals surface area contributed by atoms with Crippen LogP contribution in [0.4, 0.5) is 0 Å². The maximum absolute atomic E-state index is 12.2. The number of aromatic nitrogens is 1. The summed E-state index contributed by atoms with van der Waals surface area (Å²) in [6, 6.07) is 4.40. The highest BCUT2D eigenvalue weighted by Crippen LogP contribution is 2.35. The van der Waals surface area contributed by atoms with Gasteiger partial charge in [0.15, 0.2) is 0 Å². The van der Waals surface area contributed by atoms with E-state index in [1.807, 2.05) is 0 Å². The van der Waals surface area contributed by atoms with Crippen LogP contribution in [0.5, 0.6) is 0 Å². The number of hydrogen-bond acceptors (Lipinski definition) is 4. The number of methoxy groups -OCH3 is 1. The minimum atomic E-state index is -1.14. The lowest BCUT2D eigenvalue weighted by molar-refractivity contribution is 0.0690. The van der Waals surface area contributed by atoms with Crippen molar-refractivity contribution in [1.29, 1.82) is 0 Å². The van der Waals surface area contributed by atoms with E-state index >= 15 is 0 Å². The number of nitrogens with zero attached hydrogens (tertiary/aromatic N) is 1. The highest BCUT2D eigenvalue weighted by atomic mass is 16.5. The fourth-order valence-corrected chi connectivity index (χ4v) is 2.32. The maximum Gasteiger partial charge on any atom is 0.354 e. The lowest BCUT2D eigenvalue weighted by Crippen LogP contribution is -2.54. The van der Waals surface area contributed by atoms with Crippen LogP contribution < -0.4 is 5.32 Å². The van der Waals surface area contributed by atoms with Crippen molar-refractivity contribution in [3.63, 3.8) is 0 Å². The molecular weight excluding hydrogens is 260 g/mol. The fourth-order valence-electron chi connectivity index (χ4n) is 2.32. The first-order valence-electron chi connectivity index (χ1n) is 6.58. The Balaban J connectivity index is 2.07. The molecule has 2 rings (SSSR count). The first kappa shape index (κ1) is 14.5. The topological polar surface area (TPSA) is 88.5 Å². The molecule has 1 aliphatic carbocycles. The molecule has 1 aliphatic rings. The Morgan fingerprint density at radius 2 is 2.10 bits per heavy atom. The second-order valence-corrected chi connectivity index (χ2v) is 5.04. The number of amides is 1. The molecule has 20 heavy (non-hydrogen) atoms. The number of ether oxygens (including phenoxy) is 1. The van der Waals surface area contributed by atoms with Crippen molar-refractivity contribution in [2.45, 2.75) is 31.2 Å². The van der Waals surface area contributed by atoms with Gasteiger partial charge in [-0.3, -0.25) is 4.79 Å². The Bertz CT molecular complexity index is 512. The Morgan fingerprint density at radius 1 is 1.40 bits per heavy atom. The Hall–Kier alpha value is -1.95. The summed E-state index contributed by atoms with van der Waals surface area (Å²) in [6.07, 6.45) is 3.67. The molecule has 0 aromatic carbocycles. The predicted molar refractivity (Wildman–Crippen MR) is 71.7 cm³/mol. The average molecular weight is 278 g/mol. The van der Waals surface area contributed by atoms with Gasteiger partial charge in [0.1, 0.15) is 11.4 Å². The molecule has 0 saturated heterocycles. The van der Waals surface area contributed by atoms with E-state index in [-0.39, 0.29) is 22.8 Å². The molecule has 1 fully saturated rings. The Morgan fingerprint density at radius 3 is 2.65 bits per heavy atom. The lowest BCUT2D eigenvalue weighted by atomic mass is 9.74. The number of pyridine rings is 1. The summed E-state index contributed by atoms with van der Waals surface area (Å²) < 4.78 is 5.07. The standard InChI is InChI=1S/C14H18N2O4/c1-20-9-8-14(6-3-7-14)16-12(17)10-4-2-5-11(15-10)13(18)19/h2,4-5H,3,6-9H2,1H3,(H,16,17)(H,18,19). The SMILES string of the molecule is COCCC1(NC(=O)c2cccc(C(=O)O)n2)CCC1. The van der Waals surface area contributed by atoms with Gasteiger partial charge in [-0.25, -0.2) is 9.78 Å². The van der Waals surface area contributed by atoms with Crippen LogP contribution in [0, 0.1) is 0 Å². The smallest absolute Gasteiger partial charge is 0.354 e. The van der Waals surface area contributed by atoms with Gasteiger partial charge in [0.2, 0.25) is 0 Å².